The number of nitro groups is 1. The number of aryl methyl sites for hydroxylation is 1. The van der Waals surface area contributed by atoms with Crippen LogP contribution >= 0.6 is 0 Å². The number of imidazole rings is 1. The van der Waals surface area contributed by atoms with E-state index in [9.17, 15) is 10.1 Å². The smallest absolute Gasteiger partial charge is 0.330 e. The molecule has 0 bridgehead atoms. The summed E-state index contributed by atoms with van der Waals surface area (Å²) in [4.78, 5) is 21.9. The van der Waals surface area contributed by atoms with Crippen molar-refractivity contribution in [3.63, 3.8) is 0 Å². The van der Waals surface area contributed by atoms with Crippen molar-refractivity contribution in [1.82, 2.24) is 19.5 Å². The van der Waals surface area contributed by atoms with E-state index in [-0.39, 0.29) is 17.5 Å². The SMILES string of the molecule is Cc1ncn(-c2nc(N)ncc2[N+](=O)[O-])c1C. The minimum Gasteiger partial charge on any atom is -0.368 e. The molecule has 8 nitrogen and oxygen atoms in total. The molecule has 2 rings (SSSR count). The van der Waals surface area contributed by atoms with Gasteiger partial charge in [-0.25, -0.2) is 9.97 Å². The standard InChI is InChI=1S/C9H10N6O2/c1-5-6(2)14(4-12-5)8-7(15(16)17)3-11-9(10)13-8/h3-4H,1-2H3,(H2,10,11,13). The Morgan fingerprint density at radius 1 is 1.41 bits per heavy atom. The number of hydrogen-bond donors (Lipinski definition) is 1. The lowest BCUT2D eigenvalue weighted by molar-refractivity contribution is -0.385. The molecule has 2 N–H and O–H groups in total. The normalized spacial score (nSPS) is 10.5. The molecule has 0 aliphatic heterocycles. The summed E-state index contributed by atoms with van der Waals surface area (Å²) in [6, 6.07) is 0. The first-order valence-corrected chi connectivity index (χ1v) is 4.78. The van der Waals surface area contributed by atoms with Crippen LogP contribution in [0.5, 0.6) is 0 Å². The van der Waals surface area contributed by atoms with Crippen LogP contribution in [0.25, 0.3) is 5.82 Å². The van der Waals surface area contributed by atoms with E-state index >= 15 is 0 Å². The van der Waals surface area contributed by atoms with Gasteiger partial charge in [0.1, 0.15) is 12.5 Å². The lowest BCUT2D eigenvalue weighted by Gasteiger charge is -2.05. The molecular weight excluding hydrogens is 224 g/mol. The van der Waals surface area contributed by atoms with E-state index in [1.54, 1.807) is 6.92 Å². The van der Waals surface area contributed by atoms with Crippen LogP contribution in [-0.4, -0.2) is 24.4 Å². The summed E-state index contributed by atoms with van der Waals surface area (Å²) in [5.41, 5.74) is 6.78. The van der Waals surface area contributed by atoms with Crippen molar-refractivity contribution in [2.75, 3.05) is 5.73 Å². The number of nitrogens with zero attached hydrogens (tertiary/aromatic N) is 5. The average molecular weight is 234 g/mol. The van der Waals surface area contributed by atoms with Crippen LogP contribution in [0.1, 0.15) is 11.4 Å². The van der Waals surface area contributed by atoms with Gasteiger partial charge in [-0.2, -0.15) is 4.98 Å². The van der Waals surface area contributed by atoms with Gasteiger partial charge in [-0.05, 0) is 13.8 Å². The number of anilines is 1. The maximum Gasteiger partial charge on any atom is 0.330 e. The maximum absolute atomic E-state index is 10.9. The highest BCUT2D eigenvalue weighted by Gasteiger charge is 2.20. The summed E-state index contributed by atoms with van der Waals surface area (Å²) in [5.74, 6) is 0.108. The molecule has 0 aliphatic carbocycles. The van der Waals surface area contributed by atoms with Gasteiger partial charge in [0.2, 0.25) is 11.8 Å². The lowest BCUT2D eigenvalue weighted by Crippen LogP contribution is -2.07. The second-order valence-electron chi connectivity index (χ2n) is 3.48. The van der Waals surface area contributed by atoms with E-state index < -0.39 is 4.92 Å². The molecule has 2 aromatic rings. The summed E-state index contributed by atoms with van der Waals surface area (Å²) in [6.45, 7) is 3.60. The van der Waals surface area contributed by atoms with E-state index in [1.165, 1.54) is 10.9 Å². The Balaban J connectivity index is 2.69. The highest BCUT2D eigenvalue weighted by Crippen LogP contribution is 2.22. The Bertz CT molecular complexity index is 591. The van der Waals surface area contributed by atoms with Crippen LogP contribution in [0, 0.1) is 24.0 Å². The minimum atomic E-state index is -0.552. The van der Waals surface area contributed by atoms with Gasteiger partial charge < -0.3 is 5.73 Å². The summed E-state index contributed by atoms with van der Waals surface area (Å²) in [6.07, 6.45) is 2.56. The number of aromatic nitrogens is 4. The molecule has 0 spiro atoms. The van der Waals surface area contributed by atoms with Crippen molar-refractivity contribution < 1.29 is 4.92 Å². The molecule has 2 aromatic heterocycles. The van der Waals surface area contributed by atoms with Gasteiger partial charge >= 0.3 is 5.69 Å². The first-order valence-electron chi connectivity index (χ1n) is 4.78. The Labute approximate surface area is 96.3 Å². The van der Waals surface area contributed by atoms with Gasteiger partial charge in [0.15, 0.2) is 0 Å². The number of hydrogen-bond acceptors (Lipinski definition) is 6. The fourth-order valence-electron chi connectivity index (χ4n) is 1.40. The summed E-state index contributed by atoms with van der Waals surface area (Å²) < 4.78 is 1.52. The molecule has 0 amide bonds. The zero-order valence-electron chi connectivity index (χ0n) is 9.28. The average Bonchev–Trinajstić information content (AvgIpc) is 2.59. The molecule has 88 valence electrons. The third-order valence-corrected chi connectivity index (χ3v) is 2.45. The Hall–Kier alpha value is -2.51. The molecule has 0 saturated heterocycles. The number of nitrogens with two attached hydrogens (primary N) is 1. The molecule has 0 radical (unpaired) electrons. The van der Waals surface area contributed by atoms with E-state index in [1.807, 2.05) is 6.92 Å². The van der Waals surface area contributed by atoms with Crippen molar-refractivity contribution in [1.29, 1.82) is 0 Å². The lowest BCUT2D eigenvalue weighted by atomic mass is 10.3. The fraction of sp³-hybridized carbons (Fsp3) is 0.222. The van der Waals surface area contributed by atoms with Gasteiger partial charge in [0, 0.05) is 5.69 Å². The van der Waals surface area contributed by atoms with E-state index in [0.717, 1.165) is 17.6 Å². The van der Waals surface area contributed by atoms with Gasteiger partial charge in [-0.1, -0.05) is 0 Å². The van der Waals surface area contributed by atoms with Gasteiger partial charge in [-0.15, -0.1) is 0 Å². The zero-order valence-corrected chi connectivity index (χ0v) is 9.28. The first-order chi connectivity index (χ1) is 8.00. The molecule has 0 aliphatic rings. The Kier molecular flexibility index (Phi) is 2.47. The molecule has 0 unspecified atom stereocenters. The van der Waals surface area contributed by atoms with Gasteiger partial charge in [0.25, 0.3) is 0 Å². The quantitative estimate of drug-likeness (QED) is 0.606. The van der Waals surface area contributed by atoms with Crippen molar-refractivity contribution in [3.05, 3.63) is 34.0 Å². The van der Waals surface area contributed by atoms with Crippen molar-refractivity contribution >= 4 is 11.6 Å². The summed E-state index contributed by atoms with van der Waals surface area (Å²) >= 11 is 0. The second kappa shape index (κ2) is 3.81. The molecule has 8 heteroatoms. The Morgan fingerprint density at radius 3 is 2.65 bits per heavy atom. The van der Waals surface area contributed by atoms with Crippen molar-refractivity contribution in [3.8, 4) is 5.82 Å². The topological polar surface area (TPSA) is 113 Å². The summed E-state index contributed by atoms with van der Waals surface area (Å²) in [5, 5.41) is 10.9. The van der Waals surface area contributed by atoms with Crippen LogP contribution in [0.2, 0.25) is 0 Å². The van der Waals surface area contributed by atoms with E-state index in [0.29, 0.717) is 0 Å². The molecule has 0 aromatic carbocycles. The molecule has 0 atom stereocenters. The highest BCUT2D eigenvalue weighted by atomic mass is 16.6. The third-order valence-electron chi connectivity index (χ3n) is 2.45. The molecule has 0 fully saturated rings. The van der Waals surface area contributed by atoms with Gasteiger partial charge in [-0.3, -0.25) is 14.7 Å². The first kappa shape index (κ1) is 11.0. The maximum atomic E-state index is 10.9. The highest BCUT2D eigenvalue weighted by molar-refractivity contribution is 5.48. The summed E-state index contributed by atoms with van der Waals surface area (Å²) in [7, 11) is 0. The predicted octanol–water partition coefficient (Wildman–Crippen LogP) is 0.770. The molecule has 2 heterocycles. The van der Waals surface area contributed by atoms with Crippen LogP contribution in [0.4, 0.5) is 11.6 Å². The number of nitrogen functional groups attached to an aromatic ring is 1. The van der Waals surface area contributed by atoms with E-state index in [4.69, 9.17) is 5.73 Å². The van der Waals surface area contributed by atoms with Crippen LogP contribution in [-0.2, 0) is 0 Å². The largest absolute Gasteiger partial charge is 0.368 e. The van der Waals surface area contributed by atoms with Crippen LogP contribution < -0.4 is 5.73 Å². The molecule has 17 heavy (non-hydrogen) atoms. The predicted molar refractivity (Wildman–Crippen MR) is 59.7 cm³/mol. The van der Waals surface area contributed by atoms with Crippen molar-refractivity contribution in [2.24, 2.45) is 0 Å². The Morgan fingerprint density at radius 2 is 2.12 bits per heavy atom. The van der Waals surface area contributed by atoms with Crippen LogP contribution in [0.15, 0.2) is 12.5 Å². The number of rotatable bonds is 2. The monoisotopic (exact) mass is 234 g/mol. The van der Waals surface area contributed by atoms with Gasteiger partial charge in [0.05, 0.1) is 10.6 Å². The second-order valence-corrected chi connectivity index (χ2v) is 3.48. The zero-order chi connectivity index (χ0) is 12.6. The van der Waals surface area contributed by atoms with Crippen molar-refractivity contribution in [2.45, 2.75) is 13.8 Å². The minimum absolute atomic E-state index is 0.0173. The molecule has 0 saturated carbocycles. The third kappa shape index (κ3) is 1.80. The van der Waals surface area contributed by atoms with Crippen LogP contribution in [0.3, 0.4) is 0 Å². The van der Waals surface area contributed by atoms with E-state index in [2.05, 4.69) is 15.0 Å². The molecular formula is C9H10N6O2. The fourth-order valence-corrected chi connectivity index (χ4v) is 1.40.